The van der Waals surface area contributed by atoms with Gasteiger partial charge in [-0.2, -0.15) is 0 Å². The summed E-state index contributed by atoms with van der Waals surface area (Å²) >= 11 is 0. The molecule has 2 heteroatoms. The molecule has 0 aromatic heterocycles. The number of hydrogen-bond donors (Lipinski definition) is 1. The Morgan fingerprint density at radius 2 is 2.00 bits per heavy atom. The summed E-state index contributed by atoms with van der Waals surface area (Å²) in [5.74, 6) is 0. The first kappa shape index (κ1) is 12.5. The summed E-state index contributed by atoms with van der Waals surface area (Å²) in [4.78, 5) is 9.32. The SMILES string of the molecule is C=CC=C[NH2+]C.CC=CC=O. The van der Waals surface area contributed by atoms with Crippen LogP contribution in [-0.2, 0) is 4.79 Å². The molecule has 0 atom stereocenters. The molecule has 62 valence electrons. The summed E-state index contributed by atoms with van der Waals surface area (Å²) in [7, 11) is 1.97. The fourth-order valence-corrected chi connectivity index (χ4v) is 0.268. The highest BCUT2D eigenvalue weighted by Gasteiger charge is 1.55. The maximum Gasteiger partial charge on any atom is 0.142 e. The monoisotopic (exact) mass is 154 g/mol. The molecule has 0 aromatic rings. The molecule has 0 saturated carbocycles. The molecule has 0 heterocycles. The van der Waals surface area contributed by atoms with Gasteiger partial charge in [-0.15, -0.1) is 0 Å². The summed E-state index contributed by atoms with van der Waals surface area (Å²) in [5.41, 5.74) is 0. The first-order chi connectivity index (χ1) is 5.33. The Kier molecular flexibility index (Phi) is 18.1. The van der Waals surface area contributed by atoms with Gasteiger partial charge >= 0.3 is 0 Å². The average Bonchev–Trinajstić information content (AvgIpc) is 2.04. The van der Waals surface area contributed by atoms with Crippen LogP contribution in [0.2, 0.25) is 0 Å². The molecule has 0 bridgehead atoms. The van der Waals surface area contributed by atoms with E-state index in [0.29, 0.717) is 0 Å². The number of nitrogens with two attached hydrogens (primary N) is 1. The summed E-state index contributed by atoms with van der Waals surface area (Å²) in [6.45, 7) is 5.29. The third-order valence-corrected chi connectivity index (χ3v) is 0.711. The second kappa shape index (κ2) is 15.9. The molecule has 0 amide bonds. The van der Waals surface area contributed by atoms with E-state index in [9.17, 15) is 4.79 Å². The Labute approximate surface area is 68.3 Å². The van der Waals surface area contributed by atoms with E-state index in [2.05, 4.69) is 6.58 Å². The average molecular weight is 154 g/mol. The van der Waals surface area contributed by atoms with E-state index in [1.165, 1.54) is 6.08 Å². The highest BCUT2D eigenvalue weighted by atomic mass is 16.1. The van der Waals surface area contributed by atoms with Crippen molar-refractivity contribution in [3.05, 3.63) is 37.1 Å². The van der Waals surface area contributed by atoms with Gasteiger partial charge < -0.3 is 5.32 Å². The number of carbonyl (C=O) groups excluding carboxylic acids is 1. The van der Waals surface area contributed by atoms with Crippen LogP contribution < -0.4 is 5.32 Å². The van der Waals surface area contributed by atoms with Gasteiger partial charge in [-0.3, -0.25) is 4.79 Å². The van der Waals surface area contributed by atoms with Crippen molar-refractivity contribution in [1.29, 1.82) is 0 Å². The lowest BCUT2D eigenvalue weighted by molar-refractivity contribution is -0.556. The quantitative estimate of drug-likeness (QED) is 0.361. The number of quaternary nitrogens is 1. The van der Waals surface area contributed by atoms with Crippen LogP contribution in [0.25, 0.3) is 0 Å². The summed E-state index contributed by atoms with van der Waals surface area (Å²) in [6, 6.07) is 0. The van der Waals surface area contributed by atoms with Crippen LogP contribution in [0, 0.1) is 0 Å². The van der Waals surface area contributed by atoms with Gasteiger partial charge in [0.1, 0.15) is 6.29 Å². The van der Waals surface area contributed by atoms with Gasteiger partial charge in [0.2, 0.25) is 0 Å². The molecule has 0 saturated heterocycles. The largest absolute Gasteiger partial charge is 0.322 e. The summed E-state index contributed by atoms with van der Waals surface area (Å²) < 4.78 is 0. The van der Waals surface area contributed by atoms with Gasteiger partial charge in [0.05, 0.1) is 13.2 Å². The second-order valence-corrected chi connectivity index (χ2v) is 1.62. The first-order valence-corrected chi connectivity index (χ1v) is 3.47. The lowest BCUT2D eigenvalue weighted by atomic mass is 10.6. The van der Waals surface area contributed by atoms with E-state index in [-0.39, 0.29) is 0 Å². The molecule has 0 unspecified atom stereocenters. The molecule has 0 radical (unpaired) electrons. The van der Waals surface area contributed by atoms with E-state index in [0.717, 1.165) is 6.29 Å². The maximum atomic E-state index is 9.32. The zero-order valence-electron chi connectivity index (χ0n) is 7.16. The van der Waals surface area contributed by atoms with Crippen molar-refractivity contribution in [2.45, 2.75) is 6.92 Å². The van der Waals surface area contributed by atoms with Crippen molar-refractivity contribution in [3.8, 4) is 0 Å². The fraction of sp³-hybridized carbons (Fsp3) is 0.222. The van der Waals surface area contributed by atoms with Crippen LogP contribution in [-0.4, -0.2) is 13.3 Å². The van der Waals surface area contributed by atoms with Gasteiger partial charge in [-0.25, -0.2) is 0 Å². The van der Waals surface area contributed by atoms with Gasteiger partial charge in [0.15, 0.2) is 0 Å². The molecular weight excluding hydrogens is 138 g/mol. The van der Waals surface area contributed by atoms with Gasteiger partial charge in [-0.05, 0) is 19.1 Å². The minimum absolute atomic E-state index is 0.750. The maximum absolute atomic E-state index is 9.32. The van der Waals surface area contributed by atoms with Crippen molar-refractivity contribution in [2.75, 3.05) is 7.05 Å². The summed E-state index contributed by atoms with van der Waals surface area (Å²) in [6.07, 6.45) is 9.46. The van der Waals surface area contributed by atoms with Crippen molar-refractivity contribution >= 4 is 6.29 Å². The number of allylic oxidation sites excluding steroid dienone is 4. The highest BCUT2D eigenvalue weighted by molar-refractivity contribution is 5.64. The van der Waals surface area contributed by atoms with Crippen LogP contribution in [0.4, 0.5) is 0 Å². The number of aldehydes is 1. The zero-order chi connectivity index (χ0) is 8.95. The fourth-order valence-electron chi connectivity index (χ4n) is 0.268. The van der Waals surface area contributed by atoms with Crippen LogP contribution in [0.5, 0.6) is 0 Å². The van der Waals surface area contributed by atoms with Crippen LogP contribution in [0.15, 0.2) is 37.1 Å². The van der Waals surface area contributed by atoms with Crippen LogP contribution in [0.1, 0.15) is 6.92 Å². The molecule has 0 rings (SSSR count). The molecule has 0 fully saturated rings. The van der Waals surface area contributed by atoms with Gasteiger partial charge in [-0.1, -0.05) is 18.7 Å². The molecule has 2 nitrogen and oxygen atoms in total. The van der Waals surface area contributed by atoms with E-state index in [1.54, 1.807) is 19.1 Å². The van der Waals surface area contributed by atoms with E-state index >= 15 is 0 Å². The molecule has 2 N–H and O–H groups in total. The third-order valence-electron chi connectivity index (χ3n) is 0.711. The minimum Gasteiger partial charge on any atom is -0.322 e. The van der Waals surface area contributed by atoms with E-state index in [1.807, 2.05) is 24.6 Å². The molecule has 0 spiro atoms. The lowest BCUT2D eigenvalue weighted by Gasteiger charge is -1.69. The number of hydrogen-bond acceptors (Lipinski definition) is 1. The molecule has 0 aliphatic carbocycles. The highest BCUT2D eigenvalue weighted by Crippen LogP contribution is 1.57. The zero-order valence-corrected chi connectivity index (χ0v) is 7.16. The Bertz CT molecular complexity index is 136. The normalized spacial score (nSPS) is 9.27. The topological polar surface area (TPSA) is 33.7 Å². The Morgan fingerprint density at radius 3 is 2.09 bits per heavy atom. The lowest BCUT2D eigenvalue weighted by Crippen LogP contribution is -2.72. The van der Waals surface area contributed by atoms with Crippen LogP contribution in [0.3, 0.4) is 0 Å². The first-order valence-electron chi connectivity index (χ1n) is 3.47. The Balaban J connectivity index is 0. The Hall–Kier alpha value is -1.15. The molecular formula is C9H16NO+. The molecule has 11 heavy (non-hydrogen) atoms. The second-order valence-electron chi connectivity index (χ2n) is 1.62. The predicted octanol–water partition coefficient (Wildman–Crippen LogP) is 0.641. The molecule has 0 aromatic carbocycles. The van der Waals surface area contributed by atoms with Crippen LogP contribution >= 0.6 is 0 Å². The van der Waals surface area contributed by atoms with Gasteiger partial charge in [0, 0.05) is 0 Å². The Morgan fingerprint density at radius 1 is 1.36 bits per heavy atom. The molecule has 0 aliphatic heterocycles. The number of rotatable bonds is 3. The van der Waals surface area contributed by atoms with Crippen molar-refractivity contribution in [3.63, 3.8) is 0 Å². The van der Waals surface area contributed by atoms with Crippen molar-refractivity contribution in [1.82, 2.24) is 0 Å². The predicted molar refractivity (Wildman–Crippen MR) is 48.1 cm³/mol. The minimum atomic E-state index is 0.750. The van der Waals surface area contributed by atoms with Crippen molar-refractivity contribution in [2.24, 2.45) is 0 Å². The summed E-state index contributed by atoms with van der Waals surface area (Å²) in [5, 5.41) is 1.96. The third kappa shape index (κ3) is 28.0. The standard InChI is InChI=1S/C5H9N.C4H6O/c1-3-4-5-6-2;1-2-3-4-5/h3-6H,1H2,2H3;2-4H,1H3/p+1. The van der Waals surface area contributed by atoms with E-state index in [4.69, 9.17) is 0 Å². The number of carbonyl (C=O) groups is 1. The molecule has 0 aliphatic rings. The van der Waals surface area contributed by atoms with E-state index < -0.39 is 0 Å². The smallest absolute Gasteiger partial charge is 0.142 e. The van der Waals surface area contributed by atoms with Crippen molar-refractivity contribution < 1.29 is 10.1 Å². The van der Waals surface area contributed by atoms with Gasteiger partial charge in [0.25, 0.3) is 0 Å².